The Hall–Kier alpha value is -2.02. The van der Waals surface area contributed by atoms with Gasteiger partial charge in [-0.2, -0.15) is 9.59 Å². The first-order valence-electron chi connectivity index (χ1n) is 1.47. The van der Waals surface area contributed by atoms with Gasteiger partial charge in [-0.25, -0.2) is 9.59 Å². The molecule has 0 aromatic rings. The van der Waals surface area contributed by atoms with Gasteiger partial charge in [0.2, 0.25) is 11.9 Å². The maximum Gasteiger partial charge on any atom is 0 e. The van der Waals surface area contributed by atoms with Gasteiger partial charge in [0.05, 0.1) is 0 Å². The van der Waals surface area contributed by atoms with Crippen LogP contribution in [0.3, 0.4) is 0 Å². The van der Waals surface area contributed by atoms with E-state index in [1.807, 2.05) is 0 Å². The van der Waals surface area contributed by atoms with E-state index in [2.05, 4.69) is 13.3 Å². The molecule has 0 aromatic carbocycles. The van der Waals surface area contributed by atoms with Crippen LogP contribution in [0.1, 0.15) is 57.7 Å². The summed E-state index contributed by atoms with van der Waals surface area (Å²) in [6.07, 6.45) is 0.250. The topological polar surface area (TPSA) is 140 Å². The van der Waals surface area contributed by atoms with Crippen LogP contribution in [0.4, 0.5) is 0 Å². The monoisotopic (exact) mass is 294 g/mol. The first-order valence-corrected chi connectivity index (χ1v) is 1.47. The van der Waals surface area contributed by atoms with E-state index in [1.54, 1.807) is 0 Å². The van der Waals surface area contributed by atoms with Crippen LogP contribution in [0.5, 0.6) is 0 Å². The molecule has 0 rings (SSSR count). The Labute approximate surface area is 124 Å². The molecule has 0 unspecified atom stereocenters. The number of rotatable bonds is 0. The molecule has 0 spiro atoms. The minimum atomic E-state index is 0. The quantitative estimate of drug-likeness (QED) is 0.384. The maximum atomic E-state index is 8.62. The average Bonchev–Trinajstić information content (AvgIpc) is 2.12. The van der Waals surface area contributed by atoms with E-state index in [0.717, 1.165) is 11.9 Å². The van der Waals surface area contributed by atoms with Crippen molar-refractivity contribution in [1.82, 2.24) is 0 Å². The average molecular weight is 294 g/mol. The van der Waals surface area contributed by atoms with Crippen molar-refractivity contribution in [3.8, 4) is 0 Å². The van der Waals surface area contributed by atoms with E-state index in [9.17, 15) is 0 Å². The molecule has 0 fully saturated rings. The van der Waals surface area contributed by atoms with Gasteiger partial charge in [-0.3, -0.25) is 0 Å². The molecule has 0 saturated carbocycles. The molecular weight excluding hydrogens is 256 g/mol. The van der Waals surface area contributed by atoms with Crippen molar-refractivity contribution in [2.45, 2.75) is 52.0 Å². The van der Waals surface area contributed by atoms with Crippen LogP contribution < -0.4 is 0 Å². The Morgan fingerprint density at radius 2 is 0.632 bits per heavy atom. The second-order valence-corrected chi connectivity index (χ2v) is 0.287. The molecule has 0 heterocycles. The van der Waals surface area contributed by atoms with Gasteiger partial charge in [0, 0.05) is 5.71 Å². The van der Waals surface area contributed by atoms with Crippen molar-refractivity contribution in [1.29, 1.82) is 0 Å². The predicted octanol–water partition coefficient (Wildman–Crippen LogP) is 3.16. The van der Waals surface area contributed by atoms with E-state index >= 15 is 0 Å². The van der Waals surface area contributed by atoms with Gasteiger partial charge in [0.15, 0.2) is 0 Å². The molecule has 0 bridgehead atoms. The Morgan fingerprint density at radius 1 is 0.579 bits per heavy atom. The summed E-state index contributed by atoms with van der Waals surface area (Å²) < 4.78 is 15.0. The number of hydrogen-bond acceptors (Lipinski definition) is 4. The number of carbonyl (C=O) groups excluding carboxylic acids is 4. The van der Waals surface area contributed by atoms with Gasteiger partial charge >= 0.3 is 28.8 Å². The van der Waals surface area contributed by atoms with Crippen molar-refractivity contribution in [3.05, 3.63) is 13.3 Å². The van der Waals surface area contributed by atoms with E-state index in [-0.39, 0.29) is 69.3 Å². The molecule has 2 N–H and O–H groups in total. The standard InChI is InChI=1S/C2O2.CO2.2CO.7CH4.H2O.4H2/c3-1-2-4;2-1-3;2*1-2;;;;;;;;;;;;/h;;;;7*1H4;1H2;4*1H. The van der Waals surface area contributed by atoms with Gasteiger partial charge in [-0.15, -0.1) is 0 Å². The molecule has 0 atom stereocenters. The molecular formula is C12H38O7. The van der Waals surface area contributed by atoms with Crippen molar-refractivity contribution >= 4 is 18.0 Å². The van der Waals surface area contributed by atoms with Crippen LogP contribution in [0.25, 0.3) is 0 Å². The molecule has 0 aliphatic heterocycles. The Kier molecular flexibility index (Phi) is 34400. The third-order valence-corrected chi connectivity index (χ3v) is 0.0417. The summed E-state index contributed by atoms with van der Waals surface area (Å²) >= 11 is 0. The van der Waals surface area contributed by atoms with Gasteiger partial charge in [0.25, 0.3) is 0 Å². The van der Waals surface area contributed by atoms with Crippen LogP contribution in [-0.4, -0.2) is 23.5 Å². The Balaban J connectivity index is -0.00000000177. The zero-order valence-electron chi connectivity index (χ0n) is 5.45. The van der Waals surface area contributed by atoms with Gasteiger partial charge < -0.3 is 5.48 Å². The third-order valence-electron chi connectivity index (χ3n) is 0.0417. The van der Waals surface area contributed by atoms with E-state index in [4.69, 9.17) is 28.5 Å². The summed E-state index contributed by atoms with van der Waals surface area (Å²) in [5, 5.41) is 0. The maximum absolute atomic E-state index is 8.62. The third kappa shape index (κ3) is 3000. The first-order chi connectivity index (χ1) is 5.33. The minimum absolute atomic E-state index is 0. The molecule has 0 saturated heterocycles. The Bertz CT molecular complexity index is 190. The van der Waals surface area contributed by atoms with E-state index in [1.165, 1.54) is 0 Å². The smallest absolute Gasteiger partial charge is 0 e. The SMILES string of the molecule is C.C.C.C.C.C.C.O.O=C=C=O.O=C=O.[C-]#[O+].[C-]#[O+].[HH].[HH].[HH].[HH]. The van der Waals surface area contributed by atoms with Crippen LogP contribution in [-0.2, 0) is 28.5 Å². The largest absolute Gasteiger partial charge is 0 e. The molecule has 7 nitrogen and oxygen atoms in total. The summed E-state index contributed by atoms with van der Waals surface area (Å²) in [7, 11) is 0. The van der Waals surface area contributed by atoms with Crippen LogP contribution in [0, 0.1) is 13.3 Å². The molecule has 0 amide bonds. The molecule has 0 aliphatic rings. The van der Waals surface area contributed by atoms with Crippen LogP contribution >= 0.6 is 0 Å². The molecule has 128 valence electrons. The molecule has 0 aromatic heterocycles. The fourth-order valence-electron chi connectivity index (χ4n) is 0. The fourth-order valence-corrected chi connectivity index (χ4v) is 0. The number of hydrogen-bond donors (Lipinski definition) is 0. The van der Waals surface area contributed by atoms with Crippen LogP contribution in [0.2, 0.25) is 0 Å². The van der Waals surface area contributed by atoms with Gasteiger partial charge in [-0.1, -0.05) is 52.0 Å². The zero-order valence-corrected chi connectivity index (χ0v) is 5.45. The summed E-state index contributed by atoms with van der Waals surface area (Å²) in [5.41, 5.74) is 0. The zero-order chi connectivity index (χ0) is 10.1. The fraction of sp³-hybridized carbons (Fsp3) is 0.583. The minimum Gasteiger partial charge on any atom is 0 e. The summed E-state index contributed by atoms with van der Waals surface area (Å²) in [6, 6.07) is 0. The van der Waals surface area contributed by atoms with Crippen molar-refractivity contribution < 1.29 is 39.7 Å². The second-order valence-electron chi connectivity index (χ2n) is 0.287. The van der Waals surface area contributed by atoms with Gasteiger partial charge in [-0.05, 0) is 0 Å². The summed E-state index contributed by atoms with van der Waals surface area (Å²) in [5.74, 6) is 1.75. The second kappa shape index (κ2) is 3730. The summed E-state index contributed by atoms with van der Waals surface area (Å²) in [4.78, 5) is 33.5. The van der Waals surface area contributed by atoms with Crippen molar-refractivity contribution in [2.24, 2.45) is 0 Å². The van der Waals surface area contributed by atoms with E-state index in [0.29, 0.717) is 0 Å². The molecule has 19 heavy (non-hydrogen) atoms. The Morgan fingerprint density at radius 3 is 0.632 bits per heavy atom. The van der Waals surface area contributed by atoms with Crippen molar-refractivity contribution in [2.75, 3.05) is 0 Å². The molecule has 0 radical (unpaired) electrons. The van der Waals surface area contributed by atoms with Gasteiger partial charge in [0.1, 0.15) is 0 Å². The normalized spacial score (nSPS) is 1.26. The van der Waals surface area contributed by atoms with E-state index < -0.39 is 0 Å². The molecule has 0 aliphatic carbocycles. The van der Waals surface area contributed by atoms with Crippen molar-refractivity contribution in [3.63, 3.8) is 0 Å². The first kappa shape index (κ1) is 175. The van der Waals surface area contributed by atoms with Crippen LogP contribution in [0.15, 0.2) is 0 Å². The molecule has 7 heteroatoms. The summed E-state index contributed by atoms with van der Waals surface area (Å²) in [6.45, 7) is 9.00. The predicted molar refractivity (Wildman–Crippen MR) is 83.4 cm³/mol.